The number of hydrogen-bond acceptors (Lipinski definition) is 4. The van der Waals surface area contributed by atoms with E-state index in [-0.39, 0.29) is 12.2 Å². The van der Waals surface area contributed by atoms with Crippen molar-refractivity contribution >= 4 is 5.91 Å². The van der Waals surface area contributed by atoms with E-state index in [1.54, 1.807) is 6.92 Å². The first-order valence-corrected chi connectivity index (χ1v) is 6.28. The summed E-state index contributed by atoms with van der Waals surface area (Å²) in [4.78, 5) is 13.4. The molecular weight excluding hydrogens is 218 g/mol. The lowest BCUT2D eigenvalue weighted by Crippen LogP contribution is -2.50. The molecule has 0 saturated carbocycles. The summed E-state index contributed by atoms with van der Waals surface area (Å²) in [5.74, 6) is -0.429. The highest BCUT2D eigenvalue weighted by Crippen LogP contribution is 2.13. The zero-order valence-corrected chi connectivity index (χ0v) is 11.1. The average Bonchev–Trinajstić information content (AvgIpc) is 2.15. The van der Waals surface area contributed by atoms with Crippen LogP contribution in [0.4, 0.5) is 0 Å². The molecule has 0 aliphatic carbocycles. The normalized spacial score (nSPS) is 29.9. The number of carbonyl (C=O) groups excluding carboxylic acids is 1. The first-order valence-electron chi connectivity index (χ1n) is 6.28. The monoisotopic (exact) mass is 243 g/mol. The summed E-state index contributed by atoms with van der Waals surface area (Å²) in [5, 5.41) is 0. The number of primary amides is 1. The van der Waals surface area contributed by atoms with Crippen LogP contribution in [0.3, 0.4) is 0 Å². The topological polar surface area (TPSA) is 81.6 Å². The van der Waals surface area contributed by atoms with Crippen molar-refractivity contribution in [1.82, 2.24) is 4.90 Å². The Bertz CT molecular complexity index is 258. The molecule has 1 saturated heterocycles. The first kappa shape index (κ1) is 14.4. The minimum absolute atomic E-state index is 0.277. The maximum absolute atomic E-state index is 11.1. The van der Waals surface area contributed by atoms with Gasteiger partial charge in [-0.3, -0.25) is 9.69 Å². The predicted octanol–water partition coefficient (Wildman–Crippen LogP) is 0.0785. The van der Waals surface area contributed by atoms with E-state index in [1.165, 1.54) is 0 Å². The van der Waals surface area contributed by atoms with Crippen LogP contribution < -0.4 is 11.5 Å². The summed E-state index contributed by atoms with van der Waals surface area (Å²) in [7, 11) is 0. The van der Waals surface area contributed by atoms with Crippen LogP contribution in [0.15, 0.2) is 0 Å². The van der Waals surface area contributed by atoms with E-state index in [1.807, 2.05) is 0 Å². The Morgan fingerprint density at radius 3 is 2.41 bits per heavy atom. The van der Waals surface area contributed by atoms with Crippen LogP contribution in [0.2, 0.25) is 0 Å². The second-order valence-electron chi connectivity index (χ2n) is 5.40. The molecule has 5 heteroatoms. The van der Waals surface area contributed by atoms with Gasteiger partial charge in [0.2, 0.25) is 5.91 Å². The molecule has 1 aliphatic rings. The second-order valence-corrected chi connectivity index (χ2v) is 5.40. The van der Waals surface area contributed by atoms with Gasteiger partial charge in [0, 0.05) is 13.1 Å². The third kappa shape index (κ3) is 4.61. The molecule has 0 aromatic carbocycles. The Balaban J connectivity index is 2.29. The number of morpholine rings is 1. The molecule has 1 amide bonds. The zero-order chi connectivity index (χ0) is 13.1. The Hall–Kier alpha value is -0.650. The number of nitrogens with zero attached hydrogens (tertiary/aromatic N) is 1. The minimum atomic E-state index is -0.885. The summed E-state index contributed by atoms with van der Waals surface area (Å²) in [6, 6.07) is 0. The molecule has 0 radical (unpaired) electrons. The summed E-state index contributed by atoms with van der Waals surface area (Å²) >= 11 is 0. The van der Waals surface area contributed by atoms with Gasteiger partial charge < -0.3 is 16.2 Å². The molecule has 100 valence electrons. The van der Waals surface area contributed by atoms with Crippen molar-refractivity contribution in [3.8, 4) is 0 Å². The SMILES string of the molecule is CC1CN(CCCC(C)(N)C(N)=O)CC(C)O1. The van der Waals surface area contributed by atoms with E-state index in [0.717, 1.165) is 26.1 Å². The Morgan fingerprint density at radius 1 is 1.41 bits per heavy atom. The quantitative estimate of drug-likeness (QED) is 0.716. The smallest absolute Gasteiger partial charge is 0.237 e. The Morgan fingerprint density at radius 2 is 1.94 bits per heavy atom. The largest absolute Gasteiger partial charge is 0.373 e. The van der Waals surface area contributed by atoms with Crippen molar-refractivity contribution in [3.05, 3.63) is 0 Å². The number of carbonyl (C=O) groups is 1. The van der Waals surface area contributed by atoms with Gasteiger partial charge in [-0.25, -0.2) is 0 Å². The summed E-state index contributed by atoms with van der Waals surface area (Å²) in [6.07, 6.45) is 2.07. The molecule has 17 heavy (non-hydrogen) atoms. The fourth-order valence-corrected chi connectivity index (χ4v) is 2.26. The van der Waals surface area contributed by atoms with Crippen LogP contribution >= 0.6 is 0 Å². The third-order valence-electron chi connectivity index (χ3n) is 3.23. The van der Waals surface area contributed by atoms with Crippen LogP contribution in [-0.4, -0.2) is 48.2 Å². The van der Waals surface area contributed by atoms with Gasteiger partial charge in [-0.2, -0.15) is 0 Å². The molecule has 0 aromatic heterocycles. The highest BCUT2D eigenvalue weighted by molar-refractivity contribution is 5.83. The van der Waals surface area contributed by atoms with E-state index < -0.39 is 11.4 Å². The summed E-state index contributed by atoms with van der Waals surface area (Å²) < 4.78 is 5.66. The van der Waals surface area contributed by atoms with Gasteiger partial charge in [-0.15, -0.1) is 0 Å². The van der Waals surface area contributed by atoms with Crippen molar-refractivity contribution in [2.24, 2.45) is 11.5 Å². The minimum Gasteiger partial charge on any atom is -0.373 e. The number of nitrogens with two attached hydrogens (primary N) is 2. The number of rotatable bonds is 5. The molecule has 1 heterocycles. The van der Waals surface area contributed by atoms with Crippen molar-refractivity contribution in [1.29, 1.82) is 0 Å². The molecule has 0 bridgehead atoms. The molecule has 0 aromatic rings. The fraction of sp³-hybridized carbons (Fsp3) is 0.917. The number of amides is 1. The molecule has 1 rings (SSSR count). The lowest BCUT2D eigenvalue weighted by atomic mass is 9.96. The third-order valence-corrected chi connectivity index (χ3v) is 3.23. The van der Waals surface area contributed by atoms with Crippen molar-refractivity contribution < 1.29 is 9.53 Å². The molecule has 3 unspecified atom stereocenters. The maximum Gasteiger partial charge on any atom is 0.237 e. The van der Waals surface area contributed by atoms with E-state index in [9.17, 15) is 4.79 Å². The summed E-state index contributed by atoms with van der Waals surface area (Å²) in [6.45, 7) is 8.70. The highest BCUT2D eigenvalue weighted by Gasteiger charge is 2.26. The highest BCUT2D eigenvalue weighted by atomic mass is 16.5. The second kappa shape index (κ2) is 5.80. The summed E-state index contributed by atoms with van der Waals surface area (Å²) in [5.41, 5.74) is 10.2. The average molecular weight is 243 g/mol. The van der Waals surface area contributed by atoms with Crippen LogP contribution in [0.1, 0.15) is 33.6 Å². The molecular formula is C12H25N3O2. The Kier molecular flexibility index (Phi) is 4.91. The van der Waals surface area contributed by atoms with Crippen molar-refractivity contribution in [3.63, 3.8) is 0 Å². The van der Waals surface area contributed by atoms with Gasteiger partial charge in [-0.1, -0.05) is 0 Å². The molecule has 5 nitrogen and oxygen atoms in total. The van der Waals surface area contributed by atoms with Crippen molar-refractivity contribution in [2.45, 2.75) is 51.4 Å². The standard InChI is InChI=1S/C12H25N3O2/c1-9-7-15(8-10(2)17-9)6-4-5-12(3,14)11(13)16/h9-10H,4-8,14H2,1-3H3,(H2,13,16). The van der Waals surface area contributed by atoms with Crippen LogP contribution in [0, 0.1) is 0 Å². The Labute approximate surface area is 103 Å². The van der Waals surface area contributed by atoms with E-state index in [0.29, 0.717) is 6.42 Å². The van der Waals surface area contributed by atoms with Gasteiger partial charge in [0.1, 0.15) is 0 Å². The fourth-order valence-electron chi connectivity index (χ4n) is 2.26. The first-order chi connectivity index (χ1) is 7.81. The van der Waals surface area contributed by atoms with Gasteiger partial charge >= 0.3 is 0 Å². The molecule has 3 atom stereocenters. The van der Waals surface area contributed by atoms with Crippen LogP contribution in [-0.2, 0) is 9.53 Å². The van der Waals surface area contributed by atoms with Crippen LogP contribution in [0.25, 0.3) is 0 Å². The molecule has 1 aliphatic heterocycles. The maximum atomic E-state index is 11.1. The lowest BCUT2D eigenvalue weighted by Gasteiger charge is -2.35. The van der Waals surface area contributed by atoms with Gasteiger partial charge in [0.15, 0.2) is 0 Å². The number of ether oxygens (including phenoxy) is 1. The molecule has 0 spiro atoms. The predicted molar refractivity (Wildman–Crippen MR) is 67.5 cm³/mol. The van der Waals surface area contributed by atoms with Crippen LogP contribution in [0.5, 0.6) is 0 Å². The van der Waals surface area contributed by atoms with Gasteiger partial charge in [0.25, 0.3) is 0 Å². The van der Waals surface area contributed by atoms with Gasteiger partial charge in [-0.05, 0) is 40.2 Å². The number of hydrogen-bond donors (Lipinski definition) is 2. The molecule has 4 N–H and O–H groups in total. The molecule has 1 fully saturated rings. The van der Waals surface area contributed by atoms with Gasteiger partial charge in [0.05, 0.1) is 17.7 Å². The van der Waals surface area contributed by atoms with E-state index in [2.05, 4.69) is 18.7 Å². The zero-order valence-electron chi connectivity index (χ0n) is 11.1. The van der Waals surface area contributed by atoms with E-state index >= 15 is 0 Å². The van der Waals surface area contributed by atoms with E-state index in [4.69, 9.17) is 16.2 Å². The lowest BCUT2D eigenvalue weighted by molar-refractivity contribution is -0.122. The van der Waals surface area contributed by atoms with Crippen molar-refractivity contribution in [2.75, 3.05) is 19.6 Å².